The number of rotatable bonds is 5. The van der Waals surface area contributed by atoms with Crippen molar-refractivity contribution >= 4 is 34.1 Å². The number of methoxy groups -OCH3 is 2. The van der Waals surface area contributed by atoms with Gasteiger partial charge in [0, 0.05) is 12.4 Å². The number of nitrogens with one attached hydrogen (secondary N) is 2. The van der Waals surface area contributed by atoms with E-state index in [9.17, 15) is 9.59 Å². The summed E-state index contributed by atoms with van der Waals surface area (Å²) in [6.07, 6.45) is 1.14. The lowest BCUT2D eigenvalue weighted by Crippen LogP contribution is -2.39. The molecule has 4 aromatic rings. The zero-order valence-corrected chi connectivity index (χ0v) is 21.2. The van der Waals surface area contributed by atoms with Crippen LogP contribution in [-0.2, 0) is 22.1 Å². The number of nitrogens with zero attached hydrogens (tertiary/aromatic N) is 3. The van der Waals surface area contributed by atoms with Gasteiger partial charge in [0.15, 0.2) is 5.82 Å². The summed E-state index contributed by atoms with van der Waals surface area (Å²) >= 11 is 0. The highest BCUT2D eigenvalue weighted by atomic mass is 16.6. The molecule has 2 N–H and O–H groups in total. The second-order valence-corrected chi connectivity index (χ2v) is 10.1. The fourth-order valence-corrected chi connectivity index (χ4v) is 4.40. The first-order chi connectivity index (χ1) is 17.0. The second kappa shape index (κ2) is 8.25. The number of aryl methyl sites for hydroxylation is 1. The van der Waals surface area contributed by atoms with Gasteiger partial charge >= 0.3 is 12.1 Å². The first-order valence-corrected chi connectivity index (χ1v) is 11.7. The number of hydrogen-bond acceptors (Lipinski definition) is 7. The van der Waals surface area contributed by atoms with Crippen LogP contribution < -0.4 is 10.1 Å². The van der Waals surface area contributed by atoms with E-state index < -0.39 is 23.2 Å². The van der Waals surface area contributed by atoms with Gasteiger partial charge in [-0.25, -0.2) is 19.6 Å². The van der Waals surface area contributed by atoms with E-state index >= 15 is 0 Å². The normalized spacial score (nSPS) is 14.6. The smallest absolute Gasteiger partial charge is 0.408 e. The molecule has 1 saturated carbocycles. The van der Waals surface area contributed by atoms with Crippen LogP contribution in [0, 0.1) is 0 Å². The summed E-state index contributed by atoms with van der Waals surface area (Å²) in [4.78, 5) is 37.4. The van der Waals surface area contributed by atoms with Gasteiger partial charge in [0.05, 0.1) is 42.2 Å². The third-order valence-electron chi connectivity index (χ3n) is 6.28. The summed E-state index contributed by atoms with van der Waals surface area (Å²) < 4.78 is 17.7. The third kappa shape index (κ3) is 4.12. The van der Waals surface area contributed by atoms with Gasteiger partial charge in [-0.1, -0.05) is 0 Å². The van der Waals surface area contributed by atoms with Crippen molar-refractivity contribution in [3.05, 3.63) is 41.6 Å². The zero-order valence-electron chi connectivity index (χ0n) is 21.2. The summed E-state index contributed by atoms with van der Waals surface area (Å²) in [5.74, 6) is 0.728. The van der Waals surface area contributed by atoms with Crippen LogP contribution in [0.5, 0.6) is 5.75 Å². The SMILES string of the molecule is COC(=O)c1cc(OC)c2c(c1)nc(-c1cc3ccc(C4(NC(=O)OC(C)(C)C)CC4)nc3[nH]1)n2C. The van der Waals surface area contributed by atoms with Gasteiger partial charge in [0.25, 0.3) is 0 Å². The van der Waals surface area contributed by atoms with Crippen LogP contribution in [0.1, 0.15) is 49.7 Å². The predicted octanol–water partition coefficient (Wildman–Crippen LogP) is 4.43. The molecule has 1 aliphatic carbocycles. The van der Waals surface area contributed by atoms with Crippen molar-refractivity contribution in [2.45, 2.75) is 44.8 Å². The number of carbonyl (C=O) groups is 2. The Kier molecular flexibility index (Phi) is 5.42. The molecule has 3 heterocycles. The number of ether oxygens (including phenoxy) is 3. The number of aromatic nitrogens is 4. The molecule has 3 aromatic heterocycles. The fourth-order valence-electron chi connectivity index (χ4n) is 4.40. The van der Waals surface area contributed by atoms with Crippen LogP contribution in [0.2, 0.25) is 0 Å². The topological polar surface area (TPSA) is 120 Å². The van der Waals surface area contributed by atoms with Crippen molar-refractivity contribution in [2.75, 3.05) is 14.2 Å². The Balaban J connectivity index is 1.51. The van der Waals surface area contributed by atoms with E-state index in [-0.39, 0.29) is 0 Å². The minimum atomic E-state index is -0.572. The molecule has 1 fully saturated rings. The molecule has 0 bridgehead atoms. The maximum atomic E-state index is 12.4. The number of amides is 1. The van der Waals surface area contributed by atoms with Crippen LogP contribution in [0.3, 0.4) is 0 Å². The number of imidazole rings is 1. The Bertz CT molecular complexity index is 1510. The molecule has 10 heteroatoms. The minimum Gasteiger partial charge on any atom is -0.494 e. The number of hydrogen-bond donors (Lipinski definition) is 2. The van der Waals surface area contributed by atoms with E-state index in [1.54, 1.807) is 19.2 Å². The van der Waals surface area contributed by atoms with Gasteiger partial charge in [-0.2, -0.15) is 0 Å². The number of pyridine rings is 1. The van der Waals surface area contributed by atoms with Gasteiger partial charge < -0.3 is 29.1 Å². The lowest BCUT2D eigenvalue weighted by molar-refractivity contribution is 0.0493. The Morgan fingerprint density at radius 2 is 1.86 bits per heavy atom. The zero-order chi connectivity index (χ0) is 25.8. The van der Waals surface area contributed by atoms with Gasteiger partial charge in [-0.3, -0.25) is 0 Å². The second-order valence-electron chi connectivity index (χ2n) is 10.1. The van der Waals surface area contributed by atoms with Gasteiger partial charge in [-0.15, -0.1) is 0 Å². The van der Waals surface area contributed by atoms with Crippen molar-refractivity contribution in [3.8, 4) is 17.3 Å². The first kappa shape index (κ1) is 23.7. The number of carbonyl (C=O) groups excluding carboxylic acids is 2. The highest BCUT2D eigenvalue weighted by Crippen LogP contribution is 2.45. The molecule has 0 atom stereocenters. The van der Waals surface area contributed by atoms with E-state index in [1.165, 1.54) is 7.11 Å². The number of benzene rings is 1. The quantitative estimate of drug-likeness (QED) is 0.396. The van der Waals surface area contributed by atoms with Crippen molar-refractivity contribution in [2.24, 2.45) is 7.05 Å². The molecule has 5 rings (SSSR count). The molecular weight excluding hydrogens is 462 g/mol. The number of alkyl carbamates (subject to hydrolysis) is 1. The summed E-state index contributed by atoms with van der Waals surface area (Å²) in [7, 11) is 4.78. The third-order valence-corrected chi connectivity index (χ3v) is 6.28. The number of aromatic amines is 1. The average Bonchev–Trinajstić information content (AvgIpc) is 3.34. The maximum Gasteiger partial charge on any atom is 0.408 e. The lowest BCUT2D eigenvalue weighted by atomic mass is 10.1. The number of fused-ring (bicyclic) bond motifs is 2. The van der Waals surface area contributed by atoms with Crippen molar-refractivity contribution in [1.29, 1.82) is 0 Å². The minimum absolute atomic E-state index is 0.363. The molecule has 0 saturated heterocycles. The monoisotopic (exact) mass is 491 g/mol. The van der Waals surface area contributed by atoms with E-state index in [2.05, 4.69) is 10.3 Å². The molecule has 0 unspecified atom stereocenters. The molecule has 0 aliphatic heterocycles. The lowest BCUT2D eigenvalue weighted by Gasteiger charge is -2.23. The molecule has 188 valence electrons. The Labute approximate surface area is 208 Å². The maximum absolute atomic E-state index is 12.4. The van der Waals surface area contributed by atoms with E-state index in [1.807, 2.05) is 50.6 Å². The molecule has 1 aliphatic rings. The number of H-pyrrole nitrogens is 1. The largest absolute Gasteiger partial charge is 0.494 e. The van der Waals surface area contributed by atoms with Crippen LogP contribution in [0.4, 0.5) is 4.79 Å². The Morgan fingerprint density at radius 1 is 1.11 bits per heavy atom. The van der Waals surface area contributed by atoms with Gasteiger partial charge in [-0.05, 0) is 63.9 Å². The molecule has 1 aromatic carbocycles. The standard InChI is InChI=1S/C26H29N5O5/c1-25(2,3)36-24(33)30-26(9-10-26)19-8-7-14-11-17(27-21(14)29-19)22-28-16-12-15(23(32)35-6)13-18(34-5)20(16)31(22)4/h7-8,11-13H,9-10H2,1-6H3,(H,27,29)(H,30,33). The highest BCUT2D eigenvalue weighted by molar-refractivity contribution is 5.97. The van der Waals surface area contributed by atoms with Gasteiger partial charge in [0.1, 0.15) is 22.5 Å². The fraction of sp³-hybridized carbons (Fsp3) is 0.385. The van der Waals surface area contributed by atoms with Crippen molar-refractivity contribution in [1.82, 2.24) is 24.8 Å². The molecule has 36 heavy (non-hydrogen) atoms. The summed E-state index contributed by atoms with van der Waals surface area (Å²) in [6, 6.07) is 9.22. The first-order valence-electron chi connectivity index (χ1n) is 11.7. The van der Waals surface area contributed by atoms with E-state index in [4.69, 9.17) is 24.2 Å². The highest BCUT2D eigenvalue weighted by Gasteiger charge is 2.48. The summed E-state index contributed by atoms with van der Waals surface area (Å²) in [5, 5.41) is 3.91. The molecule has 0 radical (unpaired) electrons. The Morgan fingerprint density at radius 3 is 2.50 bits per heavy atom. The van der Waals surface area contributed by atoms with Crippen LogP contribution in [-0.4, -0.2) is 51.4 Å². The molecule has 1 amide bonds. The average molecular weight is 492 g/mol. The Hall–Kier alpha value is -4.08. The molecule has 10 nitrogen and oxygen atoms in total. The van der Waals surface area contributed by atoms with E-state index in [0.717, 1.165) is 35.1 Å². The van der Waals surface area contributed by atoms with Crippen LogP contribution >= 0.6 is 0 Å². The molecular formula is C26H29N5O5. The van der Waals surface area contributed by atoms with Crippen LogP contribution in [0.15, 0.2) is 30.3 Å². The van der Waals surface area contributed by atoms with Gasteiger partial charge in [0.2, 0.25) is 0 Å². The summed E-state index contributed by atoms with van der Waals surface area (Å²) in [6.45, 7) is 5.51. The summed E-state index contributed by atoms with van der Waals surface area (Å²) in [5.41, 5.74) is 2.87. The number of esters is 1. The van der Waals surface area contributed by atoms with Crippen LogP contribution in [0.25, 0.3) is 33.6 Å². The van der Waals surface area contributed by atoms with E-state index in [0.29, 0.717) is 28.3 Å². The molecule has 0 spiro atoms. The predicted molar refractivity (Wildman–Crippen MR) is 134 cm³/mol. The van der Waals surface area contributed by atoms with Crippen molar-refractivity contribution < 1.29 is 23.8 Å². The van der Waals surface area contributed by atoms with Crippen molar-refractivity contribution in [3.63, 3.8) is 0 Å².